The number of carbonyl (C=O) groups excluding carboxylic acids is 1. The van der Waals surface area contributed by atoms with Crippen LogP contribution in [0.15, 0.2) is 66.7 Å². The third-order valence-electron chi connectivity index (χ3n) is 4.34. The quantitative estimate of drug-likeness (QED) is 0.643. The van der Waals surface area contributed by atoms with E-state index < -0.39 is 12.0 Å². The van der Waals surface area contributed by atoms with E-state index in [4.69, 9.17) is 11.6 Å². The minimum absolute atomic E-state index is 0.131. The van der Waals surface area contributed by atoms with E-state index in [0.29, 0.717) is 11.4 Å². The molecule has 0 fully saturated rings. The van der Waals surface area contributed by atoms with Crippen molar-refractivity contribution in [2.24, 2.45) is 0 Å². The van der Waals surface area contributed by atoms with Crippen molar-refractivity contribution >= 4 is 34.2 Å². The molecule has 0 heterocycles. The van der Waals surface area contributed by atoms with Crippen molar-refractivity contribution in [3.05, 3.63) is 82.9 Å². The minimum Gasteiger partial charge on any atom is -0.481 e. The Morgan fingerprint density at radius 2 is 1.70 bits per heavy atom. The summed E-state index contributed by atoms with van der Waals surface area (Å²) in [6.07, 6.45) is 0.487. The largest absolute Gasteiger partial charge is 0.481 e. The number of rotatable bonds is 7. The van der Waals surface area contributed by atoms with Gasteiger partial charge in [0.2, 0.25) is 5.91 Å². The van der Waals surface area contributed by atoms with E-state index in [9.17, 15) is 14.7 Å². The molecule has 1 unspecified atom stereocenters. The fourth-order valence-electron chi connectivity index (χ4n) is 3.15. The van der Waals surface area contributed by atoms with Crippen LogP contribution in [0.25, 0.3) is 10.8 Å². The third kappa shape index (κ3) is 5.56. The van der Waals surface area contributed by atoms with Crippen LogP contribution in [0.1, 0.15) is 17.5 Å². The maximum Gasteiger partial charge on any atom is 0.305 e. The highest BCUT2D eigenvalue weighted by Crippen LogP contribution is 2.17. The number of halogens is 1. The summed E-state index contributed by atoms with van der Waals surface area (Å²) in [6, 6.07) is 20.6. The zero-order chi connectivity index (χ0) is 19.2. The van der Waals surface area contributed by atoms with Crippen molar-refractivity contribution in [2.75, 3.05) is 0 Å². The first kappa shape index (κ1) is 18.9. The van der Waals surface area contributed by atoms with Gasteiger partial charge < -0.3 is 10.4 Å². The average Bonchev–Trinajstić information content (AvgIpc) is 2.61. The first-order valence-corrected chi connectivity index (χ1v) is 9.10. The van der Waals surface area contributed by atoms with Gasteiger partial charge in [0.05, 0.1) is 12.8 Å². The smallest absolute Gasteiger partial charge is 0.305 e. The first-order chi connectivity index (χ1) is 13.0. The Balaban J connectivity index is 1.70. The third-order valence-corrected chi connectivity index (χ3v) is 4.57. The van der Waals surface area contributed by atoms with E-state index in [2.05, 4.69) is 5.32 Å². The zero-order valence-corrected chi connectivity index (χ0v) is 15.4. The molecule has 5 heteroatoms. The highest BCUT2D eigenvalue weighted by atomic mass is 35.5. The van der Waals surface area contributed by atoms with Gasteiger partial charge in [-0.2, -0.15) is 0 Å². The van der Waals surface area contributed by atoms with Gasteiger partial charge in [0.15, 0.2) is 0 Å². The lowest BCUT2D eigenvalue weighted by atomic mass is 9.99. The van der Waals surface area contributed by atoms with Crippen LogP contribution in [0.2, 0.25) is 5.02 Å². The van der Waals surface area contributed by atoms with E-state index in [1.54, 1.807) is 18.2 Å². The number of hydrogen-bond acceptors (Lipinski definition) is 2. The van der Waals surface area contributed by atoms with Gasteiger partial charge in [-0.3, -0.25) is 9.59 Å². The molecule has 0 saturated heterocycles. The Bertz CT molecular complexity index is 970. The normalized spacial score (nSPS) is 11.9. The molecule has 3 rings (SSSR count). The molecular formula is C22H20ClNO3. The number of benzene rings is 3. The molecule has 0 bridgehead atoms. The van der Waals surface area contributed by atoms with Crippen LogP contribution in [0.3, 0.4) is 0 Å². The van der Waals surface area contributed by atoms with Gasteiger partial charge in [-0.15, -0.1) is 0 Å². The lowest BCUT2D eigenvalue weighted by Gasteiger charge is -2.17. The molecule has 3 aromatic rings. The Morgan fingerprint density at radius 1 is 0.926 bits per heavy atom. The number of aliphatic carboxylic acids is 1. The van der Waals surface area contributed by atoms with Crippen LogP contribution < -0.4 is 5.32 Å². The maximum absolute atomic E-state index is 12.4. The Kier molecular flexibility index (Phi) is 6.09. The van der Waals surface area contributed by atoms with Gasteiger partial charge in [0.25, 0.3) is 0 Å². The Hall–Kier alpha value is -2.85. The number of carboxylic acids is 1. The number of carboxylic acid groups (broad SMARTS) is 1. The number of amides is 1. The van der Waals surface area contributed by atoms with Gasteiger partial charge in [-0.1, -0.05) is 66.2 Å². The first-order valence-electron chi connectivity index (χ1n) is 8.73. The van der Waals surface area contributed by atoms with Crippen LogP contribution in [-0.4, -0.2) is 23.0 Å². The topological polar surface area (TPSA) is 66.4 Å². The molecule has 138 valence electrons. The summed E-state index contributed by atoms with van der Waals surface area (Å²) in [5, 5.41) is 14.8. The van der Waals surface area contributed by atoms with Crippen LogP contribution in [0, 0.1) is 0 Å². The number of nitrogens with one attached hydrogen (secondary N) is 1. The fourth-order valence-corrected chi connectivity index (χ4v) is 3.36. The molecule has 27 heavy (non-hydrogen) atoms. The molecule has 0 aliphatic heterocycles. The molecular weight excluding hydrogens is 362 g/mol. The highest BCUT2D eigenvalue weighted by molar-refractivity contribution is 6.30. The minimum atomic E-state index is -0.941. The van der Waals surface area contributed by atoms with E-state index in [1.807, 2.05) is 48.5 Å². The molecule has 3 aromatic carbocycles. The summed E-state index contributed by atoms with van der Waals surface area (Å²) < 4.78 is 0. The predicted octanol–water partition coefficient (Wildman–Crippen LogP) is 4.24. The second-order valence-corrected chi connectivity index (χ2v) is 6.99. The summed E-state index contributed by atoms with van der Waals surface area (Å²) in [4.78, 5) is 23.6. The lowest BCUT2D eigenvalue weighted by Crippen LogP contribution is -2.38. The summed E-state index contributed by atoms with van der Waals surface area (Å²) in [7, 11) is 0. The molecule has 0 aromatic heterocycles. The molecule has 4 nitrogen and oxygen atoms in total. The molecule has 0 aliphatic carbocycles. The molecule has 1 atom stereocenters. The van der Waals surface area contributed by atoms with E-state index in [1.165, 1.54) is 0 Å². The number of hydrogen-bond donors (Lipinski definition) is 2. The lowest BCUT2D eigenvalue weighted by molar-refractivity contribution is -0.137. The summed E-state index contributed by atoms with van der Waals surface area (Å²) in [5.41, 5.74) is 1.78. The van der Waals surface area contributed by atoms with Gasteiger partial charge in [0, 0.05) is 11.1 Å². The zero-order valence-electron chi connectivity index (χ0n) is 14.7. The number of fused-ring (bicyclic) bond motifs is 1. The van der Waals surface area contributed by atoms with Gasteiger partial charge in [0.1, 0.15) is 0 Å². The standard InChI is InChI=1S/C22H20ClNO3/c23-19-7-3-4-15(11-19)13-21(25)24-20(14-22(26)27)12-16-8-9-17-5-1-2-6-18(17)10-16/h1-11,20H,12-14H2,(H,24,25)(H,26,27). The van der Waals surface area contributed by atoms with Gasteiger partial charge >= 0.3 is 5.97 Å². The van der Waals surface area contributed by atoms with Crippen LogP contribution in [-0.2, 0) is 22.4 Å². The molecule has 2 N–H and O–H groups in total. The van der Waals surface area contributed by atoms with Crippen molar-refractivity contribution in [3.63, 3.8) is 0 Å². The van der Waals surface area contributed by atoms with Crippen LogP contribution in [0.5, 0.6) is 0 Å². The average molecular weight is 382 g/mol. The second kappa shape index (κ2) is 8.69. The second-order valence-electron chi connectivity index (χ2n) is 6.55. The Morgan fingerprint density at radius 3 is 2.44 bits per heavy atom. The van der Waals surface area contributed by atoms with Crippen molar-refractivity contribution in [3.8, 4) is 0 Å². The monoisotopic (exact) mass is 381 g/mol. The van der Waals surface area contributed by atoms with Crippen LogP contribution >= 0.6 is 11.6 Å². The van der Waals surface area contributed by atoms with Gasteiger partial charge in [-0.05, 0) is 40.5 Å². The van der Waals surface area contributed by atoms with E-state index in [-0.39, 0.29) is 18.7 Å². The maximum atomic E-state index is 12.4. The van der Waals surface area contributed by atoms with Crippen molar-refractivity contribution in [2.45, 2.75) is 25.3 Å². The number of carbonyl (C=O) groups is 2. The van der Waals surface area contributed by atoms with Crippen molar-refractivity contribution < 1.29 is 14.7 Å². The molecule has 1 amide bonds. The highest BCUT2D eigenvalue weighted by Gasteiger charge is 2.17. The Labute approximate surface area is 162 Å². The van der Waals surface area contributed by atoms with Gasteiger partial charge in [-0.25, -0.2) is 0 Å². The molecule has 0 saturated carbocycles. The fraction of sp³-hybridized carbons (Fsp3) is 0.182. The summed E-state index contributed by atoms with van der Waals surface area (Å²) in [5.74, 6) is -1.16. The van der Waals surface area contributed by atoms with E-state index >= 15 is 0 Å². The summed E-state index contributed by atoms with van der Waals surface area (Å²) in [6.45, 7) is 0. The molecule has 0 radical (unpaired) electrons. The van der Waals surface area contributed by atoms with Crippen molar-refractivity contribution in [1.29, 1.82) is 0 Å². The van der Waals surface area contributed by atoms with Crippen molar-refractivity contribution in [1.82, 2.24) is 5.32 Å². The SMILES string of the molecule is O=C(O)CC(Cc1ccc2ccccc2c1)NC(=O)Cc1cccc(Cl)c1. The molecule has 0 aliphatic rings. The van der Waals surface area contributed by atoms with E-state index in [0.717, 1.165) is 21.9 Å². The molecule has 0 spiro atoms. The van der Waals surface area contributed by atoms with Crippen LogP contribution in [0.4, 0.5) is 0 Å². The summed E-state index contributed by atoms with van der Waals surface area (Å²) >= 11 is 5.95. The predicted molar refractivity (Wildman–Crippen MR) is 107 cm³/mol.